The number of halogens is 3. The number of aromatic nitrogens is 1. The highest BCUT2D eigenvalue weighted by Gasteiger charge is 2.42. The number of aliphatic imine (C=N–C) groups is 1. The number of H-pyrrole nitrogens is 1. The Bertz CT molecular complexity index is 825. The standard InChI is InChI=1S/C16H18F3N5O/c1-24(2)13(16(17,18)19)9-3-5-10(6-4-9)23-14(21)12-11(20)7-8-22-15(12)25/h3-8,13H,1-2H3,(H2,21,23)(H3,20,22,25). The Labute approximate surface area is 142 Å². The maximum Gasteiger partial charge on any atom is 0.408 e. The molecule has 0 aliphatic carbocycles. The average molecular weight is 353 g/mol. The molecule has 6 nitrogen and oxygen atoms in total. The molecule has 0 amide bonds. The fourth-order valence-electron chi connectivity index (χ4n) is 2.46. The van der Waals surface area contributed by atoms with Gasteiger partial charge in [0.15, 0.2) is 0 Å². The second-order valence-corrected chi connectivity index (χ2v) is 5.63. The lowest BCUT2D eigenvalue weighted by Crippen LogP contribution is -2.33. The number of nitrogen functional groups attached to an aromatic ring is 1. The van der Waals surface area contributed by atoms with E-state index < -0.39 is 17.8 Å². The SMILES string of the molecule is CN(C)C(c1ccc(N=C(N)c2c(N)cc[nH]c2=O)cc1)C(F)(F)F. The first-order chi connectivity index (χ1) is 11.6. The third kappa shape index (κ3) is 4.18. The van der Waals surface area contributed by atoms with Gasteiger partial charge in [-0.15, -0.1) is 0 Å². The molecule has 5 N–H and O–H groups in total. The van der Waals surface area contributed by atoms with Crippen molar-refractivity contribution in [3.8, 4) is 0 Å². The highest BCUT2D eigenvalue weighted by atomic mass is 19.4. The second kappa shape index (κ2) is 6.98. The molecule has 1 heterocycles. The van der Waals surface area contributed by atoms with Crippen LogP contribution in [0.4, 0.5) is 24.5 Å². The summed E-state index contributed by atoms with van der Waals surface area (Å²) in [6, 6.07) is 5.18. The number of aromatic amines is 1. The second-order valence-electron chi connectivity index (χ2n) is 5.63. The number of benzene rings is 1. The molecule has 9 heteroatoms. The lowest BCUT2D eigenvalue weighted by atomic mass is 10.1. The van der Waals surface area contributed by atoms with Crippen LogP contribution < -0.4 is 17.0 Å². The Balaban J connectivity index is 2.36. The Morgan fingerprint density at radius 3 is 2.28 bits per heavy atom. The van der Waals surface area contributed by atoms with E-state index in [1.165, 1.54) is 50.6 Å². The van der Waals surface area contributed by atoms with Crippen LogP contribution in [0.3, 0.4) is 0 Å². The van der Waals surface area contributed by atoms with Crippen LogP contribution in [0.25, 0.3) is 0 Å². The molecule has 2 aromatic rings. The molecule has 0 aliphatic heterocycles. The number of pyridine rings is 1. The number of nitrogens with zero attached hydrogens (tertiary/aromatic N) is 2. The van der Waals surface area contributed by atoms with Crippen molar-refractivity contribution in [3.05, 3.63) is 58.0 Å². The van der Waals surface area contributed by atoms with Gasteiger partial charge in [-0.25, -0.2) is 4.99 Å². The Kier molecular flexibility index (Phi) is 5.17. The highest BCUT2D eigenvalue weighted by Crippen LogP contribution is 2.36. The van der Waals surface area contributed by atoms with Crippen molar-refractivity contribution in [2.75, 3.05) is 19.8 Å². The minimum Gasteiger partial charge on any atom is -0.398 e. The summed E-state index contributed by atoms with van der Waals surface area (Å²) < 4.78 is 39.4. The van der Waals surface area contributed by atoms with E-state index in [1.807, 2.05) is 0 Å². The molecule has 134 valence electrons. The number of hydrogen-bond donors (Lipinski definition) is 3. The van der Waals surface area contributed by atoms with Gasteiger partial charge in [0, 0.05) is 11.9 Å². The van der Waals surface area contributed by atoms with Gasteiger partial charge in [0.25, 0.3) is 5.56 Å². The number of rotatable bonds is 4. The van der Waals surface area contributed by atoms with Crippen molar-refractivity contribution in [1.82, 2.24) is 9.88 Å². The van der Waals surface area contributed by atoms with E-state index in [2.05, 4.69) is 9.98 Å². The van der Waals surface area contributed by atoms with Gasteiger partial charge in [-0.1, -0.05) is 12.1 Å². The van der Waals surface area contributed by atoms with Crippen LogP contribution >= 0.6 is 0 Å². The fourth-order valence-corrected chi connectivity index (χ4v) is 2.46. The van der Waals surface area contributed by atoms with Gasteiger partial charge in [0.05, 0.1) is 5.69 Å². The minimum absolute atomic E-state index is 0.0213. The molecule has 0 radical (unpaired) electrons. The number of anilines is 1. The van der Waals surface area contributed by atoms with Crippen LogP contribution in [-0.2, 0) is 0 Å². The van der Waals surface area contributed by atoms with Crippen LogP contribution in [0, 0.1) is 0 Å². The summed E-state index contributed by atoms with van der Waals surface area (Å²) in [5, 5.41) is 0. The van der Waals surface area contributed by atoms with Crippen molar-refractivity contribution < 1.29 is 13.2 Å². The van der Waals surface area contributed by atoms with Gasteiger partial charge in [0.2, 0.25) is 0 Å². The zero-order valence-electron chi connectivity index (χ0n) is 13.6. The predicted molar refractivity (Wildman–Crippen MR) is 90.8 cm³/mol. The van der Waals surface area contributed by atoms with Crippen LogP contribution in [0.5, 0.6) is 0 Å². The minimum atomic E-state index is -4.40. The van der Waals surface area contributed by atoms with Crippen LogP contribution in [0.15, 0.2) is 46.3 Å². The van der Waals surface area contributed by atoms with Crippen molar-refractivity contribution in [3.63, 3.8) is 0 Å². The van der Waals surface area contributed by atoms with Crippen LogP contribution in [0.1, 0.15) is 17.2 Å². The molecule has 1 atom stereocenters. The Hall–Kier alpha value is -2.81. The molecule has 0 saturated heterocycles. The van der Waals surface area contributed by atoms with Gasteiger partial charge in [-0.05, 0) is 37.9 Å². The molecule has 25 heavy (non-hydrogen) atoms. The first-order valence-electron chi connectivity index (χ1n) is 7.26. The number of hydrogen-bond acceptors (Lipinski definition) is 4. The molecular formula is C16H18F3N5O. The van der Waals surface area contributed by atoms with Crippen LogP contribution in [0.2, 0.25) is 0 Å². The largest absolute Gasteiger partial charge is 0.408 e. The summed E-state index contributed by atoms with van der Waals surface area (Å²) in [5.74, 6) is -0.118. The van der Waals surface area contributed by atoms with Crippen molar-refractivity contribution >= 4 is 17.2 Å². The molecule has 0 bridgehead atoms. The quantitative estimate of drug-likeness (QED) is 0.579. The Morgan fingerprint density at radius 2 is 1.80 bits per heavy atom. The van der Waals surface area contributed by atoms with Crippen molar-refractivity contribution in [1.29, 1.82) is 0 Å². The average Bonchev–Trinajstić information content (AvgIpc) is 2.47. The Morgan fingerprint density at radius 1 is 1.20 bits per heavy atom. The lowest BCUT2D eigenvalue weighted by molar-refractivity contribution is -0.179. The van der Waals surface area contributed by atoms with Crippen molar-refractivity contribution in [2.24, 2.45) is 10.7 Å². The normalized spacial score (nSPS) is 13.9. The van der Waals surface area contributed by atoms with Gasteiger partial charge < -0.3 is 16.5 Å². The molecule has 0 spiro atoms. The monoisotopic (exact) mass is 353 g/mol. The third-order valence-corrected chi connectivity index (χ3v) is 3.53. The topological polar surface area (TPSA) is 100 Å². The molecule has 2 rings (SSSR count). The first kappa shape index (κ1) is 18.5. The number of amidine groups is 1. The predicted octanol–water partition coefficient (Wildman–Crippen LogP) is 2.16. The summed E-state index contributed by atoms with van der Waals surface area (Å²) >= 11 is 0. The first-order valence-corrected chi connectivity index (χ1v) is 7.26. The third-order valence-electron chi connectivity index (χ3n) is 3.53. The van der Waals surface area contributed by atoms with Crippen molar-refractivity contribution in [2.45, 2.75) is 12.2 Å². The number of nitrogens with two attached hydrogens (primary N) is 2. The summed E-state index contributed by atoms with van der Waals surface area (Å²) in [4.78, 5) is 19.3. The van der Waals surface area contributed by atoms with E-state index in [1.54, 1.807) is 0 Å². The van der Waals surface area contributed by atoms with Gasteiger partial charge >= 0.3 is 6.18 Å². The van der Waals surface area contributed by atoms with E-state index >= 15 is 0 Å². The highest BCUT2D eigenvalue weighted by molar-refractivity contribution is 6.02. The van der Waals surface area contributed by atoms with Gasteiger partial charge in [-0.2, -0.15) is 13.2 Å². The summed E-state index contributed by atoms with van der Waals surface area (Å²) in [7, 11) is 2.71. The van der Waals surface area contributed by atoms with Crippen LogP contribution in [-0.4, -0.2) is 36.0 Å². The molecule has 1 aromatic heterocycles. The summed E-state index contributed by atoms with van der Waals surface area (Å²) in [5.41, 5.74) is 11.6. The number of nitrogens with one attached hydrogen (secondary N) is 1. The van der Waals surface area contributed by atoms with E-state index in [9.17, 15) is 18.0 Å². The smallest absolute Gasteiger partial charge is 0.398 e. The maximum atomic E-state index is 13.1. The van der Waals surface area contributed by atoms with E-state index in [0.717, 1.165) is 4.90 Å². The maximum absolute atomic E-state index is 13.1. The lowest BCUT2D eigenvalue weighted by Gasteiger charge is -2.27. The fraction of sp³-hybridized carbons (Fsp3) is 0.250. The van der Waals surface area contributed by atoms with E-state index in [4.69, 9.17) is 11.5 Å². The molecule has 0 fully saturated rings. The molecular weight excluding hydrogens is 335 g/mol. The summed E-state index contributed by atoms with van der Waals surface area (Å²) in [6.45, 7) is 0. The van der Waals surface area contributed by atoms with Gasteiger partial charge in [0.1, 0.15) is 17.4 Å². The van der Waals surface area contributed by atoms with E-state index in [-0.39, 0.29) is 22.6 Å². The zero-order valence-corrected chi connectivity index (χ0v) is 13.6. The molecule has 1 aromatic carbocycles. The van der Waals surface area contributed by atoms with Gasteiger partial charge in [-0.3, -0.25) is 9.69 Å². The van der Waals surface area contributed by atoms with E-state index in [0.29, 0.717) is 5.69 Å². The molecule has 0 saturated carbocycles. The zero-order chi connectivity index (χ0) is 18.8. The molecule has 1 unspecified atom stereocenters. The summed E-state index contributed by atoms with van der Waals surface area (Å²) in [6.07, 6.45) is -3.03. The number of alkyl halides is 3. The molecule has 0 aliphatic rings.